The molecule has 1 atom stereocenters. The van der Waals surface area contributed by atoms with E-state index in [1.165, 1.54) is 22.9 Å². The van der Waals surface area contributed by atoms with Crippen molar-refractivity contribution in [3.8, 4) is 0 Å². The monoisotopic (exact) mass is 371 g/mol. The third-order valence-corrected chi connectivity index (χ3v) is 5.20. The minimum absolute atomic E-state index is 0.0666. The molecule has 0 radical (unpaired) electrons. The molecule has 5 nitrogen and oxygen atoms in total. The van der Waals surface area contributed by atoms with Gasteiger partial charge in [0.05, 0.1) is 18.3 Å². The molecule has 138 valence electrons. The van der Waals surface area contributed by atoms with Gasteiger partial charge < -0.3 is 16.4 Å². The van der Waals surface area contributed by atoms with Crippen molar-refractivity contribution in [2.75, 3.05) is 17.6 Å². The van der Waals surface area contributed by atoms with Crippen molar-refractivity contribution in [3.63, 3.8) is 0 Å². The van der Waals surface area contributed by atoms with E-state index in [1.807, 2.05) is 37.3 Å². The van der Waals surface area contributed by atoms with Gasteiger partial charge in [0, 0.05) is 10.6 Å². The van der Waals surface area contributed by atoms with Crippen LogP contribution >= 0.6 is 11.8 Å². The molecule has 0 spiro atoms. The molecule has 6 heteroatoms. The number of anilines is 1. The summed E-state index contributed by atoms with van der Waals surface area (Å²) in [5.41, 5.74) is 9.54. The van der Waals surface area contributed by atoms with E-state index in [0.717, 1.165) is 16.1 Å². The normalized spacial score (nSPS) is 11.7. The minimum Gasteiger partial charge on any atom is -0.375 e. The first-order valence-electron chi connectivity index (χ1n) is 8.47. The molecular formula is C20H25N3O2S. The summed E-state index contributed by atoms with van der Waals surface area (Å²) in [4.78, 5) is 24.1. The van der Waals surface area contributed by atoms with Crippen molar-refractivity contribution in [1.82, 2.24) is 5.32 Å². The van der Waals surface area contributed by atoms with Gasteiger partial charge in [0.25, 0.3) is 0 Å². The molecule has 2 aromatic rings. The van der Waals surface area contributed by atoms with Crippen LogP contribution in [0.15, 0.2) is 47.4 Å². The van der Waals surface area contributed by atoms with E-state index >= 15 is 0 Å². The Morgan fingerprint density at radius 1 is 1.12 bits per heavy atom. The molecule has 4 N–H and O–H groups in total. The van der Waals surface area contributed by atoms with Crippen LogP contribution in [0.1, 0.15) is 29.7 Å². The lowest BCUT2D eigenvalue weighted by molar-refractivity contribution is -0.120. The number of carbonyl (C=O) groups excluding carboxylic acids is 2. The van der Waals surface area contributed by atoms with E-state index in [4.69, 9.17) is 5.73 Å². The van der Waals surface area contributed by atoms with Crippen LogP contribution in [0.4, 0.5) is 5.69 Å². The van der Waals surface area contributed by atoms with Gasteiger partial charge in [-0.3, -0.25) is 9.59 Å². The maximum atomic E-state index is 12.3. The highest BCUT2D eigenvalue weighted by Crippen LogP contribution is 2.26. The van der Waals surface area contributed by atoms with E-state index in [0.29, 0.717) is 0 Å². The van der Waals surface area contributed by atoms with Crippen LogP contribution in [0.3, 0.4) is 0 Å². The van der Waals surface area contributed by atoms with Gasteiger partial charge in [0.15, 0.2) is 0 Å². The Hall–Kier alpha value is -2.47. The zero-order valence-electron chi connectivity index (χ0n) is 15.3. The van der Waals surface area contributed by atoms with Crippen molar-refractivity contribution in [2.45, 2.75) is 31.7 Å². The van der Waals surface area contributed by atoms with E-state index in [9.17, 15) is 9.59 Å². The van der Waals surface area contributed by atoms with E-state index in [1.54, 1.807) is 0 Å². The highest BCUT2D eigenvalue weighted by Gasteiger charge is 2.11. The van der Waals surface area contributed by atoms with Crippen molar-refractivity contribution in [3.05, 3.63) is 59.2 Å². The third-order valence-electron chi connectivity index (χ3n) is 4.10. The molecule has 0 aromatic heterocycles. The molecule has 0 heterocycles. The summed E-state index contributed by atoms with van der Waals surface area (Å²) in [6.07, 6.45) is 0. The summed E-state index contributed by atoms with van der Waals surface area (Å²) in [7, 11) is 0. The molecule has 0 saturated heterocycles. The fourth-order valence-electron chi connectivity index (χ4n) is 2.47. The van der Waals surface area contributed by atoms with Crippen LogP contribution in [0.5, 0.6) is 0 Å². The Kier molecular flexibility index (Phi) is 7.09. The number of benzene rings is 2. The molecule has 0 fully saturated rings. The Morgan fingerprint density at radius 2 is 1.85 bits per heavy atom. The van der Waals surface area contributed by atoms with Gasteiger partial charge in [0.2, 0.25) is 11.8 Å². The van der Waals surface area contributed by atoms with E-state index < -0.39 is 0 Å². The van der Waals surface area contributed by atoms with Crippen LogP contribution < -0.4 is 16.4 Å². The first-order valence-corrected chi connectivity index (χ1v) is 9.46. The average molecular weight is 372 g/mol. The molecule has 1 unspecified atom stereocenters. The maximum Gasteiger partial charge on any atom is 0.239 e. The molecule has 0 aliphatic heterocycles. The van der Waals surface area contributed by atoms with Gasteiger partial charge in [-0.15, -0.1) is 11.8 Å². The Balaban J connectivity index is 1.92. The zero-order chi connectivity index (χ0) is 19.1. The average Bonchev–Trinajstić information content (AvgIpc) is 2.61. The predicted molar refractivity (Wildman–Crippen MR) is 107 cm³/mol. The van der Waals surface area contributed by atoms with Crippen molar-refractivity contribution in [2.24, 2.45) is 5.73 Å². The largest absolute Gasteiger partial charge is 0.375 e. The smallest absolute Gasteiger partial charge is 0.239 e. The Morgan fingerprint density at radius 3 is 2.54 bits per heavy atom. The highest BCUT2D eigenvalue weighted by molar-refractivity contribution is 8.00. The Bertz CT molecular complexity index is 792. The number of nitrogens with one attached hydrogen (secondary N) is 2. The fourth-order valence-corrected chi connectivity index (χ4v) is 3.24. The van der Waals surface area contributed by atoms with Gasteiger partial charge in [-0.1, -0.05) is 30.3 Å². The third kappa shape index (κ3) is 5.81. The lowest BCUT2D eigenvalue weighted by Gasteiger charge is -2.17. The maximum absolute atomic E-state index is 12.3. The summed E-state index contributed by atoms with van der Waals surface area (Å²) >= 11 is 1.35. The lowest BCUT2D eigenvalue weighted by atomic mass is 10.0. The van der Waals surface area contributed by atoms with Crippen molar-refractivity contribution >= 4 is 29.3 Å². The van der Waals surface area contributed by atoms with Crippen LogP contribution in [-0.2, 0) is 9.59 Å². The fraction of sp³-hybridized carbons (Fsp3) is 0.300. The second-order valence-corrected chi connectivity index (χ2v) is 7.25. The molecule has 0 aliphatic carbocycles. The molecule has 2 amide bonds. The van der Waals surface area contributed by atoms with Gasteiger partial charge in [-0.05, 0) is 49.6 Å². The Labute approximate surface area is 158 Å². The second kappa shape index (κ2) is 9.29. The van der Waals surface area contributed by atoms with Crippen LogP contribution in [0.25, 0.3) is 0 Å². The van der Waals surface area contributed by atoms with Crippen LogP contribution in [-0.4, -0.2) is 24.1 Å². The molecule has 0 bridgehead atoms. The number of hydrogen-bond acceptors (Lipinski definition) is 4. The molecule has 2 rings (SSSR count). The predicted octanol–water partition coefficient (Wildman–Crippen LogP) is 3.17. The number of para-hydroxylation sites is 1. The number of amides is 2. The standard InChI is InChI=1S/C20H25N3O2S/c1-13-8-9-16(10-14(13)2)15(3)23-20(25)11-22-17-6-4-5-7-18(17)26-12-19(21)24/h4-10,15,22H,11-12H2,1-3H3,(H2,21,24)(H,23,25). The summed E-state index contributed by atoms with van der Waals surface area (Å²) in [6, 6.07) is 13.7. The first-order chi connectivity index (χ1) is 12.4. The highest BCUT2D eigenvalue weighted by atomic mass is 32.2. The SMILES string of the molecule is Cc1ccc(C(C)NC(=O)CNc2ccccc2SCC(N)=O)cc1C. The summed E-state index contributed by atoms with van der Waals surface area (Å²) in [5.74, 6) is -0.260. The van der Waals surface area contributed by atoms with Gasteiger partial charge >= 0.3 is 0 Å². The number of thioether (sulfide) groups is 1. The molecule has 2 aromatic carbocycles. The second-order valence-electron chi connectivity index (χ2n) is 6.24. The number of primary amides is 1. The minimum atomic E-state index is -0.371. The van der Waals surface area contributed by atoms with Crippen LogP contribution in [0.2, 0.25) is 0 Å². The summed E-state index contributed by atoms with van der Waals surface area (Å²) < 4.78 is 0. The topological polar surface area (TPSA) is 84.2 Å². The number of rotatable bonds is 8. The number of carbonyl (C=O) groups is 2. The van der Waals surface area contributed by atoms with Crippen LogP contribution in [0, 0.1) is 13.8 Å². The number of nitrogens with two attached hydrogens (primary N) is 1. The zero-order valence-corrected chi connectivity index (χ0v) is 16.2. The first kappa shape index (κ1) is 19.8. The van der Waals surface area contributed by atoms with Crippen molar-refractivity contribution in [1.29, 1.82) is 0 Å². The molecular weight excluding hydrogens is 346 g/mol. The van der Waals surface area contributed by atoms with E-state index in [2.05, 4.69) is 36.6 Å². The van der Waals surface area contributed by atoms with Gasteiger partial charge in [-0.2, -0.15) is 0 Å². The van der Waals surface area contributed by atoms with E-state index in [-0.39, 0.29) is 30.2 Å². The summed E-state index contributed by atoms with van der Waals surface area (Å²) in [6.45, 7) is 6.26. The number of aryl methyl sites for hydroxylation is 2. The van der Waals surface area contributed by atoms with Gasteiger partial charge in [0.1, 0.15) is 0 Å². The lowest BCUT2D eigenvalue weighted by Crippen LogP contribution is -2.32. The molecule has 0 saturated carbocycles. The summed E-state index contributed by atoms with van der Waals surface area (Å²) in [5, 5.41) is 6.13. The molecule has 0 aliphatic rings. The van der Waals surface area contributed by atoms with Crippen molar-refractivity contribution < 1.29 is 9.59 Å². The molecule has 26 heavy (non-hydrogen) atoms. The quantitative estimate of drug-likeness (QED) is 0.622. The number of hydrogen-bond donors (Lipinski definition) is 3. The van der Waals surface area contributed by atoms with Gasteiger partial charge in [-0.25, -0.2) is 0 Å².